The molecule has 4 aromatic carbocycles. The van der Waals surface area contributed by atoms with Crippen molar-refractivity contribution in [1.29, 1.82) is 0 Å². The Morgan fingerprint density at radius 2 is 1.00 bits per heavy atom. The minimum absolute atomic E-state index is 0.654. The van der Waals surface area contributed by atoms with Crippen molar-refractivity contribution in [2.45, 2.75) is 0 Å². The standard InChI is InChI=1S/C25H16BrN3/c26-21-16-15-17-9-7-8-14-20(17)22(21)25-28-23(18-10-3-1-4-11-18)27-24(29-25)19-12-5-2-6-13-19/h1-16H. The molecule has 5 rings (SSSR count). The van der Waals surface area contributed by atoms with E-state index in [1.807, 2.05) is 78.9 Å². The summed E-state index contributed by atoms with van der Waals surface area (Å²) < 4.78 is 0.959. The molecule has 0 saturated heterocycles. The van der Waals surface area contributed by atoms with Gasteiger partial charge in [0.25, 0.3) is 0 Å². The fourth-order valence-electron chi connectivity index (χ4n) is 3.39. The Morgan fingerprint density at radius 1 is 0.483 bits per heavy atom. The highest BCUT2D eigenvalue weighted by molar-refractivity contribution is 9.10. The summed E-state index contributed by atoms with van der Waals surface area (Å²) in [6.45, 7) is 0. The summed E-state index contributed by atoms with van der Waals surface area (Å²) in [5.41, 5.74) is 2.90. The predicted octanol–water partition coefficient (Wildman–Crippen LogP) is 6.79. The van der Waals surface area contributed by atoms with Crippen LogP contribution in [0.4, 0.5) is 0 Å². The largest absolute Gasteiger partial charge is 0.208 e. The van der Waals surface area contributed by atoms with Crippen molar-refractivity contribution in [2.24, 2.45) is 0 Å². The molecule has 0 N–H and O–H groups in total. The van der Waals surface area contributed by atoms with Crippen LogP contribution >= 0.6 is 15.9 Å². The molecule has 29 heavy (non-hydrogen) atoms. The lowest BCUT2D eigenvalue weighted by atomic mass is 10.0. The molecule has 0 unspecified atom stereocenters. The quantitative estimate of drug-likeness (QED) is 0.311. The van der Waals surface area contributed by atoms with Gasteiger partial charge in [0.2, 0.25) is 0 Å². The maximum Gasteiger partial charge on any atom is 0.165 e. The Labute approximate surface area is 177 Å². The van der Waals surface area contributed by atoms with E-state index in [4.69, 9.17) is 15.0 Å². The molecule has 0 aliphatic rings. The lowest BCUT2D eigenvalue weighted by Crippen LogP contribution is -2.01. The van der Waals surface area contributed by atoms with Gasteiger partial charge in [-0.15, -0.1) is 0 Å². The molecule has 0 saturated carbocycles. The van der Waals surface area contributed by atoms with Gasteiger partial charge in [-0.05, 0) is 16.8 Å². The Balaban J connectivity index is 1.81. The Morgan fingerprint density at radius 3 is 1.62 bits per heavy atom. The van der Waals surface area contributed by atoms with Gasteiger partial charge in [0.1, 0.15) is 0 Å². The van der Waals surface area contributed by atoms with Gasteiger partial charge in [0, 0.05) is 21.2 Å². The number of nitrogens with zero attached hydrogens (tertiary/aromatic N) is 3. The number of hydrogen-bond donors (Lipinski definition) is 0. The van der Waals surface area contributed by atoms with Gasteiger partial charge in [0.05, 0.1) is 0 Å². The molecule has 138 valence electrons. The molecular weight excluding hydrogens is 422 g/mol. The molecule has 0 amide bonds. The second kappa shape index (κ2) is 7.57. The molecule has 5 aromatic rings. The number of aromatic nitrogens is 3. The third-order valence-corrected chi connectivity index (χ3v) is 5.46. The minimum Gasteiger partial charge on any atom is -0.208 e. The summed E-state index contributed by atoms with van der Waals surface area (Å²) in [5.74, 6) is 1.98. The normalized spacial score (nSPS) is 10.9. The van der Waals surface area contributed by atoms with Crippen LogP contribution < -0.4 is 0 Å². The van der Waals surface area contributed by atoms with Gasteiger partial charge in [-0.2, -0.15) is 0 Å². The molecule has 1 aromatic heterocycles. The first kappa shape index (κ1) is 17.7. The van der Waals surface area contributed by atoms with Crippen LogP contribution in [0, 0.1) is 0 Å². The number of halogens is 1. The molecule has 1 heterocycles. The summed E-state index contributed by atoms with van der Waals surface area (Å²) in [6, 6.07) is 32.5. The van der Waals surface area contributed by atoms with E-state index in [1.54, 1.807) is 0 Å². The molecule has 0 spiro atoms. The van der Waals surface area contributed by atoms with Gasteiger partial charge >= 0.3 is 0 Å². The smallest absolute Gasteiger partial charge is 0.165 e. The highest BCUT2D eigenvalue weighted by Crippen LogP contribution is 2.35. The van der Waals surface area contributed by atoms with E-state index in [-0.39, 0.29) is 0 Å². The van der Waals surface area contributed by atoms with Crippen molar-refractivity contribution in [1.82, 2.24) is 15.0 Å². The van der Waals surface area contributed by atoms with Crippen LogP contribution in [-0.2, 0) is 0 Å². The first-order valence-electron chi connectivity index (χ1n) is 9.34. The third-order valence-electron chi connectivity index (χ3n) is 4.80. The van der Waals surface area contributed by atoms with E-state index in [0.717, 1.165) is 31.9 Å². The Bertz CT molecular complexity index is 1240. The van der Waals surface area contributed by atoms with Crippen LogP contribution in [0.25, 0.3) is 44.9 Å². The zero-order valence-corrected chi connectivity index (χ0v) is 17.0. The number of benzene rings is 4. The fraction of sp³-hybridized carbons (Fsp3) is 0. The van der Waals surface area contributed by atoms with Gasteiger partial charge in [-0.25, -0.2) is 15.0 Å². The zero-order valence-electron chi connectivity index (χ0n) is 15.5. The molecule has 0 radical (unpaired) electrons. The summed E-state index contributed by atoms with van der Waals surface area (Å²) in [5, 5.41) is 2.25. The van der Waals surface area contributed by atoms with Crippen molar-refractivity contribution >= 4 is 26.7 Å². The van der Waals surface area contributed by atoms with Gasteiger partial charge in [-0.3, -0.25) is 0 Å². The van der Waals surface area contributed by atoms with E-state index >= 15 is 0 Å². The van der Waals surface area contributed by atoms with Crippen LogP contribution in [0.3, 0.4) is 0 Å². The maximum atomic E-state index is 4.86. The second-order valence-corrected chi connectivity index (χ2v) is 7.54. The third kappa shape index (κ3) is 3.43. The van der Waals surface area contributed by atoms with Crippen LogP contribution in [0.5, 0.6) is 0 Å². The number of rotatable bonds is 3. The molecule has 0 aliphatic carbocycles. The van der Waals surface area contributed by atoms with Gasteiger partial charge in [0.15, 0.2) is 17.5 Å². The molecule has 0 fully saturated rings. The molecule has 0 bridgehead atoms. The van der Waals surface area contributed by atoms with E-state index in [0.29, 0.717) is 17.5 Å². The Kier molecular flexibility index (Phi) is 4.62. The van der Waals surface area contributed by atoms with Crippen molar-refractivity contribution in [3.63, 3.8) is 0 Å². The second-order valence-electron chi connectivity index (χ2n) is 6.68. The van der Waals surface area contributed by atoms with Crippen LogP contribution in [0.15, 0.2) is 102 Å². The molecule has 4 heteroatoms. The molecule has 3 nitrogen and oxygen atoms in total. The van der Waals surface area contributed by atoms with Crippen molar-refractivity contribution in [2.75, 3.05) is 0 Å². The fourth-order valence-corrected chi connectivity index (χ4v) is 3.92. The highest BCUT2D eigenvalue weighted by Gasteiger charge is 2.16. The summed E-state index contributed by atoms with van der Waals surface area (Å²) in [6.07, 6.45) is 0. The minimum atomic E-state index is 0.654. The summed E-state index contributed by atoms with van der Waals surface area (Å²) >= 11 is 3.72. The van der Waals surface area contributed by atoms with Crippen LogP contribution in [-0.4, -0.2) is 15.0 Å². The van der Waals surface area contributed by atoms with Gasteiger partial charge < -0.3 is 0 Å². The lowest BCUT2D eigenvalue weighted by molar-refractivity contribution is 1.07. The highest BCUT2D eigenvalue weighted by atomic mass is 79.9. The van der Waals surface area contributed by atoms with Crippen molar-refractivity contribution < 1.29 is 0 Å². The SMILES string of the molecule is Brc1ccc2ccccc2c1-c1nc(-c2ccccc2)nc(-c2ccccc2)n1. The molecule has 0 aliphatic heterocycles. The Hall–Kier alpha value is -3.37. The van der Waals surface area contributed by atoms with E-state index in [9.17, 15) is 0 Å². The lowest BCUT2D eigenvalue weighted by Gasteiger charge is -2.11. The summed E-state index contributed by atoms with van der Waals surface area (Å²) in [4.78, 5) is 14.5. The number of hydrogen-bond acceptors (Lipinski definition) is 3. The molecular formula is C25H16BrN3. The zero-order chi connectivity index (χ0) is 19.6. The van der Waals surface area contributed by atoms with Gasteiger partial charge in [-0.1, -0.05) is 107 Å². The predicted molar refractivity (Wildman–Crippen MR) is 121 cm³/mol. The summed E-state index contributed by atoms with van der Waals surface area (Å²) in [7, 11) is 0. The first-order chi connectivity index (χ1) is 14.3. The topological polar surface area (TPSA) is 38.7 Å². The van der Waals surface area contributed by atoms with Crippen LogP contribution in [0.1, 0.15) is 0 Å². The van der Waals surface area contributed by atoms with E-state index in [2.05, 4.69) is 34.1 Å². The van der Waals surface area contributed by atoms with E-state index < -0.39 is 0 Å². The number of fused-ring (bicyclic) bond motifs is 1. The monoisotopic (exact) mass is 437 g/mol. The maximum absolute atomic E-state index is 4.86. The van der Waals surface area contributed by atoms with Crippen molar-refractivity contribution in [3.05, 3.63) is 102 Å². The average molecular weight is 438 g/mol. The van der Waals surface area contributed by atoms with Crippen molar-refractivity contribution in [3.8, 4) is 34.2 Å². The molecule has 0 atom stereocenters. The van der Waals surface area contributed by atoms with E-state index in [1.165, 1.54) is 0 Å². The first-order valence-corrected chi connectivity index (χ1v) is 10.1. The van der Waals surface area contributed by atoms with Crippen LogP contribution in [0.2, 0.25) is 0 Å². The average Bonchev–Trinajstić information content (AvgIpc) is 2.80.